The van der Waals surface area contributed by atoms with E-state index in [1.54, 1.807) is 0 Å². The van der Waals surface area contributed by atoms with Gasteiger partial charge in [-0.2, -0.15) is 0 Å². The van der Waals surface area contributed by atoms with Crippen molar-refractivity contribution < 1.29 is 0 Å². The topological polar surface area (TPSA) is 29.9 Å². The highest BCUT2D eigenvalue weighted by atomic mass is 15.0. The van der Waals surface area contributed by atoms with E-state index in [2.05, 4.69) is 72.4 Å². The molecule has 3 heteroatoms. The Morgan fingerprint density at radius 3 is 2.80 bits per heavy atom. The van der Waals surface area contributed by atoms with Crippen molar-refractivity contribution in [3.05, 3.63) is 83.7 Å². The molecule has 1 aromatic heterocycles. The molecule has 2 heterocycles. The highest BCUT2D eigenvalue weighted by Gasteiger charge is 2.14. The van der Waals surface area contributed by atoms with Gasteiger partial charge >= 0.3 is 0 Å². The Morgan fingerprint density at radius 1 is 1.16 bits per heavy atom. The standard InChI is InChI=1S/C22H21N3/c1-4-16-7-8-18(12-15(16)2)22-19(6-5-11-23-22)17-9-10-21-20(13-17)24-14-25(21)3/h4-10,12-14,23H,1,11H2,2-3H3. The van der Waals surface area contributed by atoms with Crippen LogP contribution >= 0.6 is 0 Å². The first-order chi connectivity index (χ1) is 12.2. The summed E-state index contributed by atoms with van der Waals surface area (Å²) in [5.74, 6) is 0. The summed E-state index contributed by atoms with van der Waals surface area (Å²) in [5.41, 5.74) is 9.30. The van der Waals surface area contributed by atoms with Gasteiger partial charge in [0.05, 0.1) is 17.4 Å². The number of aromatic nitrogens is 2. The summed E-state index contributed by atoms with van der Waals surface area (Å²) in [6.07, 6.45) is 8.12. The van der Waals surface area contributed by atoms with Gasteiger partial charge < -0.3 is 9.88 Å². The SMILES string of the molecule is C=Cc1ccc(C2=C(c3ccc4c(c3)ncn4C)C=CCN2)cc1C. The Labute approximate surface area is 148 Å². The van der Waals surface area contributed by atoms with Crippen molar-refractivity contribution >= 4 is 28.4 Å². The average molecular weight is 327 g/mol. The largest absolute Gasteiger partial charge is 0.381 e. The summed E-state index contributed by atoms with van der Waals surface area (Å²) < 4.78 is 2.04. The van der Waals surface area contributed by atoms with E-state index in [0.717, 1.165) is 23.3 Å². The van der Waals surface area contributed by atoms with E-state index in [-0.39, 0.29) is 0 Å². The van der Waals surface area contributed by atoms with Crippen molar-refractivity contribution in [2.75, 3.05) is 6.54 Å². The van der Waals surface area contributed by atoms with Crippen molar-refractivity contribution in [1.29, 1.82) is 0 Å². The molecule has 0 bridgehead atoms. The number of benzene rings is 2. The predicted molar refractivity (Wildman–Crippen MR) is 106 cm³/mol. The molecular formula is C22H21N3. The van der Waals surface area contributed by atoms with Gasteiger partial charge in [0.15, 0.2) is 0 Å². The summed E-state index contributed by atoms with van der Waals surface area (Å²) in [5, 5.41) is 3.54. The summed E-state index contributed by atoms with van der Waals surface area (Å²) in [6, 6.07) is 13.0. The van der Waals surface area contributed by atoms with Gasteiger partial charge in [0.1, 0.15) is 0 Å². The lowest BCUT2D eigenvalue weighted by Gasteiger charge is -2.20. The number of aryl methyl sites for hydroxylation is 2. The highest BCUT2D eigenvalue weighted by Crippen LogP contribution is 2.30. The molecule has 0 unspecified atom stereocenters. The molecule has 4 rings (SSSR count). The van der Waals surface area contributed by atoms with Crippen LogP contribution in [0.5, 0.6) is 0 Å². The summed E-state index contributed by atoms with van der Waals surface area (Å²) >= 11 is 0. The molecule has 2 aromatic carbocycles. The first-order valence-corrected chi connectivity index (χ1v) is 8.47. The van der Waals surface area contributed by atoms with Gasteiger partial charge in [-0.25, -0.2) is 4.98 Å². The second-order valence-electron chi connectivity index (χ2n) is 6.41. The van der Waals surface area contributed by atoms with E-state index >= 15 is 0 Å². The molecule has 0 saturated heterocycles. The number of nitrogens with zero attached hydrogens (tertiary/aromatic N) is 2. The molecule has 0 amide bonds. The number of allylic oxidation sites excluding steroid dienone is 2. The Balaban J connectivity index is 1.87. The molecule has 0 spiro atoms. The van der Waals surface area contributed by atoms with Gasteiger partial charge in [0.2, 0.25) is 0 Å². The van der Waals surface area contributed by atoms with Crippen LogP contribution in [-0.4, -0.2) is 16.1 Å². The lowest BCUT2D eigenvalue weighted by Crippen LogP contribution is -2.17. The fourth-order valence-corrected chi connectivity index (χ4v) is 3.38. The van der Waals surface area contributed by atoms with Crippen LogP contribution in [-0.2, 0) is 7.05 Å². The molecule has 0 saturated carbocycles. The fraction of sp³-hybridized carbons (Fsp3) is 0.136. The minimum Gasteiger partial charge on any atom is -0.381 e. The van der Waals surface area contributed by atoms with Crippen molar-refractivity contribution in [3.63, 3.8) is 0 Å². The van der Waals surface area contributed by atoms with Crippen molar-refractivity contribution in [3.8, 4) is 0 Å². The maximum Gasteiger partial charge on any atom is 0.0955 e. The number of dihydropyridines is 1. The van der Waals surface area contributed by atoms with Gasteiger partial charge in [-0.15, -0.1) is 0 Å². The number of fused-ring (bicyclic) bond motifs is 1. The second-order valence-corrected chi connectivity index (χ2v) is 6.41. The Kier molecular flexibility index (Phi) is 3.77. The number of hydrogen-bond donors (Lipinski definition) is 1. The van der Waals surface area contributed by atoms with Crippen LogP contribution < -0.4 is 5.32 Å². The van der Waals surface area contributed by atoms with E-state index < -0.39 is 0 Å². The predicted octanol–water partition coefficient (Wildman–Crippen LogP) is 4.55. The van der Waals surface area contributed by atoms with Crippen LogP contribution in [0.15, 0.2) is 61.5 Å². The summed E-state index contributed by atoms with van der Waals surface area (Å²) in [4.78, 5) is 4.49. The lowest BCUT2D eigenvalue weighted by molar-refractivity contribution is 0.947. The molecule has 0 atom stereocenters. The highest BCUT2D eigenvalue weighted by molar-refractivity contribution is 5.97. The maximum atomic E-state index is 4.49. The Hall–Kier alpha value is -3.07. The maximum absolute atomic E-state index is 4.49. The molecule has 0 fully saturated rings. The van der Waals surface area contributed by atoms with E-state index in [4.69, 9.17) is 0 Å². The first kappa shape index (κ1) is 15.5. The fourth-order valence-electron chi connectivity index (χ4n) is 3.38. The minimum atomic E-state index is 0.840. The van der Waals surface area contributed by atoms with Gasteiger partial charge in [-0.1, -0.05) is 43.0 Å². The number of imidazole rings is 1. The van der Waals surface area contributed by atoms with Crippen LogP contribution in [0.2, 0.25) is 0 Å². The van der Waals surface area contributed by atoms with Crippen molar-refractivity contribution in [1.82, 2.24) is 14.9 Å². The molecule has 3 nitrogen and oxygen atoms in total. The zero-order chi connectivity index (χ0) is 17.4. The average Bonchev–Trinajstić information content (AvgIpc) is 3.02. The van der Waals surface area contributed by atoms with Crippen LogP contribution in [0.25, 0.3) is 28.4 Å². The summed E-state index contributed by atoms with van der Waals surface area (Å²) in [6.45, 7) is 6.84. The van der Waals surface area contributed by atoms with Crippen molar-refractivity contribution in [2.45, 2.75) is 6.92 Å². The van der Waals surface area contributed by atoms with E-state index in [1.807, 2.05) is 24.0 Å². The molecule has 1 aliphatic heterocycles. The molecule has 0 radical (unpaired) electrons. The molecule has 0 aliphatic carbocycles. The molecule has 1 aliphatic rings. The first-order valence-electron chi connectivity index (χ1n) is 8.47. The number of nitrogens with one attached hydrogen (secondary N) is 1. The zero-order valence-corrected chi connectivity index (χ0v) is 14.6. The molecule has 3 aromatic rings. The third-order valence-electron chi connectivity index (χ3n) is 4.77. The number of rotatable bonds is 3. The number of hydrogen-bond acceptors (Lipinski definition) is 2. The molecular weight excluding hydrogens is 306 g/mol. The lowest BCUT2D eigenvalue weighted by atomic mass is 9.95. The molecule has 1 N–H and O–H groups in total. The third kappa shape index (κ3) is 2.68. The van der Waals surface area contributed by atoms with E-state index in [1.165, 1.54) is 27.8 Å². The van der Waals surface area contributed by atoms with Gasteiger partial charge in [-0.05, 0) is 47.4 Å². The van der Waals surface area contributed by atoms with Crippen LogP contribution in [0.1, 0.15) is 22.3 Å². The van der Waals surface area contributed by atoms with Gasteiger partial charge in [0, 0.05) is 24.9 Å². The van der Waals surface area contributed by atoms with Crippen LogP contribution in [0.4, 0.5) is 0 Å². The molecule has 25 heavy (non-hydrogen) atoms. The second kappa shape index (κ2) is 6.10. The Bertz CT molecular complexity index is 1030. The van der Waals surface area contributed by atoms with E-state index in [9.17, 15) is 0 Å². The Morgan fingerprint density at radius 2 is 2.00 bits per heavy atom. The van der Waals surface area contributed by atoms with Crippen LogP contribution in [0.3, 0.4) is 0 Å². The van der Waals surface area contributed by atoms with Crippen molar-refractivity contribution in [2.24, 2.45) is 7.05 Å². The normalized spacial score (nSPS) is 14.0. The molecule has 124 valence electrons. The zero-order valence-electron chi connectivity index (χ0n) is 14.6. The monoisotopic (exact) mass is 327 g/mol. The quantitative estimate of drug-likeness (QED) is 0.765. The van der Waals surface area contributed by atoms with E-state index in [0.29, 0.717) is 0 Å². The smallest absolute Gasteiger partial charge is 0.0955 e. The van der Waals surface area contributed by atoms with Gasteiger partial charge in [0.25, 0.3) is 0 Å². The van der Waals surface area contributed by atoms with Gasteiger partial charge in [-0.3, -0.25) is 0 Å². The summed E-state index contributed by atoms with van der Waals surface area (Å²) in [7, 11) is 2.02. The van der Waals surface area contributed by atoms with Crippen LogP contribution in [0, 0.1) is 6.92 Å². The minimum absolute atomic E-state index is 0.840. The third-order valence-corrected chi connectivity index (χ3v) is 4.77.